The van der Waals surface area contributed by atoms with Crippen molar-refractivity contribution in [3.8, 4) is 0 Å². The molecule has 80 valence electrons. The molecule has 0 aliphatic carbocycles. The van der Waals surface area contributed by atoms with Crippen molar-refractivity contribution in [2.75, 3.05) is 0 Å². The van der Waals surface area contributed by atoms with Gasteiger partial charge < -0.3 is 4.57 Å². The molecular weight excluding hydrogens is 270 g/mol. The average molecular weight is 284 g/mol. The first-order valence-corrected chi connectivity index (χ1v) is 6.46. The maximum atomic E-state index is 4.38. The predicted octanol–water partition coefficient (Wildman–Crippen LogP) is 4.41. The second-order valence-electron chi connectivity index (χ2n) is 3.95. The van der Waals surface area contributed by atoms with Crippen LogP contribution in [0.5, 0.6) is 0 Å². The number of halogens is 1. The highest BCUT2D eigenvalue weighted by Crippen LogP contribution is 2.31. The maximum Gasteiger partial charge on any atom is 0.0497 e. The summed E-state index contributed by atoms with van der Waals surface area (Å²) < 4.78 is 3.45. The molecule has 1 aromatic carbocycles. The molecule has 2 aromatic rings. The first kappa shape index (κ1) is 11.1. The molecule has 1 nitrogen and oxygen atoms in total. The number of benzene rings is 1. The lowest BCUT2D eigenvalue weighted by Crippen LogP contribution is -1.97. The van der Waals surface area contributed by atoms with Crippen LogP contribution in [0.2, 0.25) is 0 Å². The van der Waals surface area contributed by atoms with E-state index in [1.807, 2.05) is 0 Å². The molecule has 0 atom stereocenters. The number of aromatic nitrogens is 1. The highest BCUT2D eigenvalue weighted by Gasteiger charge is 2.11. The van der Waals surface area contributed by atoms with Crippen molar-refractivity contribution < 1.29 is 0 Å². The molecule has 0 spiro atoms. The molecule has 15 heavy (non-hydrogen) atoms. The van der Waals surface area contributed by atoms with Crippen LogP contribution in [0.4, 0.5) is 0 Å². The predicted molar refractivity (Wildman–Crippen MR) is 72.7 cm³/mol. The van der Waals surface area contributed by atoms with E-state index in [4.69, 9.17) is 0 Å². The summed E-state index contributed by atoms with van der Waals surface area (Å²) in [4.78, 5) is 0. The largest absolute Gasteiger partial charge is 0.345 e. The molecule has 0 aliphatic rings. The van der Waals surface area contributed by atoms with Crippen LogP contribution < -0.4 is 0 Å². The van der Waals surface area contributed by atoms with Crippen LogP contribution in [0.1, 0.15) is 25.5 Å². The van der Waals surface area contributed by atoms with Gasteiger partial charge in [0.2, 0.25) is 0 Å². The van der Waals surface area contributed by atoms with Gasteiger partial charge in [-0.1, -0.05) is 22.0 Å². The summed E-state index contributed by atoms with van der Waals surface area (Å²) in [6.45, 7) is 4.39. The van der Waals surface area contributed by atoms with Gasteiger partial charge in [-0.3, -0.25) is 0 Å². The summed E-state index contributed by atoms with van der Waals surface area (Å²) >= 11 is 7.98. The van der Waals surface area contributed by atoms with Crippen LogP contribution in [-0.4, -0.2) is 4.57 Å². The van der Waals surface area contributed by atoms with Gasteiger partial charge in [0.15, 0.2) is 0 Å². The molecule has 0 saturated heterocycles. The summed E-state index contributed by atoms with van der Waals surface area (Å²) in [7, 11) is 0. The Bertz CT molecular complexity index is 488. The molecule has 0 aliphatic heterocycles. The van der Waals surface area contributed by atoms with E-state index in [0.29, 0.717) is 6.04 Å². The van der Waals surface area contributed by atoms with Crippen molar-refractivity contribution in [2.24, 2.45) is 0 Å². The molecule has 0 N–H and O–H groups in total. The number of hydrogen-bond acceptors (Lipinski definition) is 1. The fourth-order valence-electron chi connectivity index (χ4n) is 1.89. The lowest BCUT2D eigenvalue weighted by molar-refractivity contribution is 0.622. The quantitative estimate of drug-likeness (QED) is 0.779. The van der Waals surface area contributed by atoms with Crippen LogP contribution >= 0.6 is 28.6 Å². The third-order valence-electron chi connectivity index (χ3n) is 2.61. The van der Waals surface area contributed by atoms with Crippen molar-refractivity contribution in [3.63, 3.8) is 0 Å². The van der Waals surface area contributed by atoms with Crippen LogP contribution in [0.15, 0.2) is 28.9 Å². The Morgan fingerprint density at radius 1 is 1.40 bits per heavy atom. The van der Waals surface area contributed by atoms with Crippen LogP contribution in [0.25, 0.3) is 10.9 Å². The molecule has 0 unspecified atom stereocenters. The minimum atomic E-state index is 0.482. The number of nitrogens with zero attached hydrogens (tertiary/aromatic N) is 1. The Balaban J connectivity index is 2.81. The lowest BCUT2D eigenvalue weighted by Gasteiger charge is -2.08. The maximum absolute atomic E-state index is 4.38. The number of fused-ring (bicyclic) bond motifs is 1. The number of thiol groups is 1. The topological polar surface area (TPSA) is 4.93 Å². The van der Waals surface area contributed by atoms with Crippen molar-refractivity contribution in [3.05, 3.63) is 34.4 Å². The first-order valence-electron chi connectivity index (χ1n) is 5.04. The van der Waals surface area contributed by atoms with E-state index in [1.54, 1.807) is 0 Å². The second kappa shape index (κ2) is 4.22. The zero-order valence-electron chi connectivity index (χ0n) is 8.87. The monoisotopic (exact) mass is 283 g/mol. The van der Waals surface area contributed by atoms with E-state index in [1.165, 1.54) is 16.5 Å². The second-order valence-corrected chi connectivity index (χ2v) is 5.12. The van der Waals surface area contributed by atoms with Gasteiger partial charge in [-0.15, -0.1) is 0 Å². The number of rotatable bonds is 2. The zero-order chi connectivity index (χ0) is 11.0. The molecule has 1 heterocycles. The van der Waals surface area contributed by atoms with Crippen LogP contribution in [0, 0.1) is 0 Å². The Hall–Kier alpha value is -0.410. The van der Waals surface area contributed by atoms with Gasteiger partial charge in [-0.2, -0.15) is 12.6 Å². The van der Waals surface area contributed by atoms with Gasteiger partial charge in [0.05, 0.1) is 0 Å². The average Bonchev–Trinajstić information content (AvgIpc) is 2.58. The SMILES string of the molecule is CC(C)n1cc(CS)c2c(Br)cccc21. The summed E-state index contributed by atoms with van der Waals surface area (Å²) in [5.41, 5.74) is 2.57. The molecule has 3 heteroatoms. The molecule has 1 aromatic heterocycles. The third kappa shape index (κ3) is 1.83. The van der Waals surface area contributed by atoms with Crippen LogP contribution in [-0.2, 0) is 5.75 Å². The van der Waals surface area contributed by atoms with Gasteiger partial charge >= 0.3 is 0 Å². The van der Waals surface area contributed by atoms with Gasteiger partial charge in [-0.05, 0) is 31.5 Å². The van der Waals surface area contributed by atoms with Gasteiger partial charge in [0, 0.05) is 33.4 Å². The summed E-state index contributed by atoms with van der Waals surface area (Å²) in [5.74, 6) is 0.777. The first-order chi connectivity index (χ1) is 7.15. The Labute approximate surface area is 104 Å². The van der Waals surface area contributed by atoms with E-state index in [-0.39, 0.29) is 0 Å². The Morgan fingerprint density at radius 3 is 2.73 bits per heavy atom. The molecule has 0 amide bonds. The van der Waals surface area contributed by atoms with E-state index in [9.17, 15) is 0 Å². The highest BCUT2D eigenvalue weighted by molar-refractivity contribution is 9.10. The molecule has 0 bridgehead atoms. The van der Waals surface area contributed by atoms with E-state index in [0.717, 1.165) is 10.2 Å². The molecular formula is C12H14BrNS. The molecule has 0 saturated carbocycles. The van der Waals surface area contributed by atoms with E-state index < -0.39 is 0 Å². The minimum absolute atomic E-state index is 0.482. The third-order valence-corrected chi connectivity index (χ3v) is 3.61. The normalized spacial score (nSPS) is 11.5. The molecule has 2 rings (SSSR count). The van der Waals surface area contributed by atoms with Gasteiger partial charge in [-0.25, -0.2) is 0 Å². The standard InChI is InChI=1S/C12H14BrNS/c1-8(2)14-6-9(7-15)12-10(13)4-3-5-11(12)14/h3-6,8,15H,7H2,1-2H3. The van der Waals surface area contributed by atoms with Crippen molar-refractivity contribution in [1.29, 1.82) is 0 Å². The Kier molecular flexibility index (Phi) is 3.12. The van der Waals surface area contributed by atoms with E-state index in [2.05, 4.69) is 71.4 Å². The fourth-order valence-corrected chi connectivity index (χ4v) is 2.75. The Morgan fingerprint density at radius 2 is 2.13 bits per heavy atom. The van der Waals surface area contributed by atoms with Gasteiger partial charge in [0.1, 0.15) is 0 Å². The minimum Gasteiger partial charge on any atom is -0.345 e. The van der Waals surface area contributed by atoms with Crippen molar-refractivity contribution >= 4 is 39.5 Å². The van der Waals surface area contributed by atoms with Crippen molar-refractivity contribution in [2.45, 2.75) is 25.6 Å². The lowest BCUT2D eigenvalue weighted by atomic mass is 10.2. The summed E-state index contributed by atoms with van der Waals surface area (Å²) in [6, 6.07) is 6.80. The molecule has 0 radical (unpaired) electrons. The van der Waals surface area contributed by atoms with Gasteiger partial charge in [0.25, 0.3) is 0 Å². The zero-order valence-corrected chi connectivity index (χ0v) is 11.3. The molecule has 0 fully saturated rings. The number of hydrogen-bond donors (Lipinski definition) is 1. The summed E-state index contributed by atoms with van der Waals surface area (Å²) in [6.07, 6.45) is 2.20. The van der Waals surface area contributed by atoms with Crippen molar-refractivity contribution in [1.82, 2.24) is 4.57 Å². The fraction of sp³-hybridized carbons (Fsp3) is 0.333. The highest BCUT2D eigenvalue weighted by atomic mass is 79.9. The summed E-state index contributed by atoms with van der Waals surface area (Å²) in [5, 5.41) is 1.29. The van der Waals surface area contributed by atoms with E-state index >= 15 is 0 Å². The smallest absolute Gasteiger partial charge is 0.0497 e. The van der Waals surface area contributed by atoms with Crippen LogP contribution in [0.3, 0.4) is 0 Å².